The second-order valence-electron chi connectivity index (χ2n) is 12.6. The molecule has 0 radical (unpaired) electrons. The van der Waals surface area contributed by atoms with Gasteiger partial charge in [0.15, 0.2) is 5.60 Å². The maximum Gasteiger partial charge on any atom is 0.266 e. The van der Waals surface area contributed by atoms with Gasteiger partial charge in [0.1, 0.15) is 11.8 Å². The van der Waals surface area contributed by atoms with Crippen LogP contribution < -0.4 is 15.0 Å². The van der Waals surface area contributed by atoms with Gasteiger partial charge in [-0.2, -0.15) is 10.4 Å². The number of nitrogens with one attached hydrogen (secondary N) is 2. The summed E-state index contributed by atoms with van der Waals surface area (Å²) in [7, 11) is 0. The highest BCUT2D eigenvalue weighted by Gasteiger charge is 2.38. The molecule has 3 heterocycles. The van der Waals surface area contributed by atoms with Gasteiger partial charge < -0.3 is 24.8 Å². The molecule has 2 N–H and O–H groups in total. The summed E-state index contributed by atoms with van der Waals surface area (Å²) in [6.45, 7) is 8.33. The van der Waals surface area contributed by atoms with Gasteiger partial charge in [-0.05, 0) is 62.8 Å². The molecule has 1 saturated carbocycles. The van der Waals surface area contributed by atoms with E-state index in [9.17, 15) is 14.9 Å². The first kappa shape index (κ1) is 29.7. The van der Waals surface area contributed by atoms with E-state index in [0.29, 0.717) is 43.5 Å². The van der Waals surface area contributed by atoms with E-state index in [2.05, 4.69) is 55.6 Å². The summed E-state index contributed by atoms with van der Waals surface area (Å²) in [5.74, 6) is 0.405. The molecule has 1 aliphatic carbocycles. The number of amides is 2. The van der Waals surface area contributed by atoms with Crippen molar-refractivity contribution >= 4 is 17.5 Å². The molecule has 10 heteroatoms. The number of aromatic amines is 1. The number of nitrogens with zero attached hydrogens (tertiary/aromatic N) is 5. The molecule has 6 rings (SSSR count). The number of carbonyl (C=O) groups excluding carboxylic acids is 2. The van der Waals surface area contributed by atoms with Crippen LogP contribution in [0.5, 0.6) is 5.75 Å². The first-order valence-electron chi connectivity index (χ1n) is 15.7. The van der Waals surface area contributed by atoms with Crippen molar-refractivity contribution in [2.75, 3.05) is 44.2 Å². The number of ether oxygens (including phenoxy) is 1. The summed E-state index contributed by atoms with van der Waals surface area (Å²) in [6.07, 6.45) is 7.53. The van der Waals surface area contributed by atoms with E-state index in [1.54, 1.807) is 26.1 Å². The van der Waals surface area contributed by atoms with E-state index in [0.717, 1.165) is 67.7 Å². The maximum absolute atomic E-state index is 14.0. The van der Waals surface area contributed by atoms with Crippen LogP contribution in [0.25, 0.3) is 11.1 Å². The van der Waals surface area contributed by atoms with Crippen LogP contribution in [0.3, 0.4) is 0 Å². The number of aromatic nitrogens is 2. The molecule has 0 bridgehead atoms. The zero-order valence-electron chi connectivity index (χ0n) is 25.6. The zero-order valence-corrected chi connectivity index (χ0v) is 25.6. The number of H-pyrrole nitrogens is 1. The normalized spacial score (nSPS) is 18.9. The van der Waals surface area contributed by atoms with Crippen molar-refractivity contribution in [3.05, 3.63) is 66.0 Å². The van der Waals surface area contributed by atoms with Crippen LogP contribution in [0.2, 0.25) is 0 Å². The average molecular weight is 596 g/mol. The van der Waals surface area contributed by atoms with E-state index in [-0.39, 0.29) is 17.7 Å². The molecular formula is C34H41N7O3. The Balaban J connectivity index is 1.14. The molecule has 2 amide bonds. The van der Waals surface area contributed by atoms with Crippen molar-refractivity contribution in [1.29, 1.82) is 5.26 Å². The SMILES string of the molecule is CC(C)(Oc1cc(N2CCC[C@@H](C(=O)N(Cc3ccc(-c4cn[nH]c4)cc3)C3CC3)C2)ccc1C#N)C(=O)N1CCNCC1. The van der Waals surface area contributed by atoms with E-state index in [1.807, 2.05) is 23.2 Å². The summed E-state index contributed by atoms with van der Waals surface area (Å²) in [5, 5.41) is 20.0. The Bertz CT molecular complexity index is 1500. The van der Waals surface area contributed by atoms with E-state index >= 15 is 0 Å². The molecule has 230 valence electrons. The Kier molecular flexibility index (Phi) is 8.58. The monoisotopic (exact) mass is 595 g/mol. The smallest absolute Gasteiger partial charge is 0.266 e. The summed E-state index contributed by atoms with van der Waals surface area (Å²) in [4.78, 5) is 33.4. The highest BCUT2D eigenvalue weighted by atomic mass is 16.5. The Morgan fingerprint density at radius 1 is 1.07 bits per heavy atom. The number of nitriles is 1. The van der Waals surface area contributed by atoms with Crippen LogP contribution in [-0.2, 0) is 16.1 Å². The molecule has 2 aliphatic heterocycles. The molecule has 3 fully saturated rings. The van der Waals surface area contributed by atoms with Gasteiger partial charge in [0.2, 0.25) is 5.91 Å². The number of piperidine rings is 1. The van der Waals surface area contributed by atoms with Crippen LogP contribution in [0, 0.1) is 17.2 Å². The van der Waals surface area contributed by atoms with Crippen molar-refractivity contribution < 1.29 is 14.3 Å². The van der Waals surface area contributed by atoms with Crippen molar-refractivity contribution in [1.82, 2.24) is 25.3 Å². The van der Waals surface area contributed by atoms with Crippen LogP contribution in [0.1, 0.15) is 50.7 Å². The Morgan fingerprint density at radius 3 is 2.52 bits per heavy atom. The molecule has 3 aromatic rings. The predicted molar refractivity (Wildman–Crippen MR) is 168 cm³/mol. The topological polar surface area (TPSA) is 118 Å². The Hall–Kier alpha value is -4.36. The number of hydrogen-bond donors (Lipinski definition) is 2. The first-order chi connectivity index (χ1) is 21.3. The average Bonchev–Trinajstić information content (AvgIpc) is 3.75. The van der Waals surface area contributed by atoms with Gasteiger partial charge in [0.25, 0.3) is 5.91 Å². The van der Waals surface area contributed by atoms with Gasteiger partial charge in [-0.15, -0.1) is 0 Å². The standard InChI is InChI=1S/C34H41N7O3/c1-34(2,33(43)39-16-13-36-14-17-39)44-31-18-30(10-9-26(31)19-35)40-15-3-4-27(23-40)32(42)41(29-11-12-29)22-24-5-7-25(8-6-24)28-20-37-38-21-28/h5-10,18,20-21,27,29,36H,3-4,11-17,22-23H2,1-2H3,(H,37,38)/t27-/m1/s1. The summed E-state index contributed by atoms with van der Waals surface area (Å²) in [6, 6.07) is 16.4. The fourth-order valence-electron chi connectivity index (χ4n) is 6.28. The van der Waals surface area contributed by atoms with Crippen molar-refractivity contribution in [2.45, 2.75) is 57.7 Å². The van der Waals surface area contributed by atoms with Crippen molar-refractivity contribution in [3.8, 4) is 22.9 Å². The maximum atomic E-state index is 14.0. The molecule has 2 aromatic carbocycles. The van der Waals surface area contributed by atoms with E-state index in [4.69, 9.17) is 4.74 Å². The second-order valence-corrected chi connectivity index (χ2v) is 12.6. The second kappa shape index (κ2) is 12.7. The van der Waals surface area contributed by atoms with Crippen molar-refractivity contribution in [3.63, 3.8) is 0 Å². The fraction of sp³-hybridized carbons (Fsp3) is 0.471. The molecule has 10 nitrogen and oxygen atoms in total. The molecule has 0 unspecified atom stereocenters. The molecule has 2 saturated heterocycles. The van der Waals surface area contributed by atoms with Crippen LogP contribution in [-0.4, -0.2) is 82.7 Å². The minimum absolute atomic E-state index is 0.0896. The number of hydrogen-bond acceptors (Lipinski definition) is 7. The number of rotatable bonds is 9. The molecule has 44 heavy (non-hydrogen) atoms. The number of piperazine rings is 1. The van der Waals surface area contributed by atoms with Crippen LogP contribution in [0.4, 0.5) is 5.69 Å². The summed E-state index contributed by atoms with van der Waals surface area (Å²) in [5.41, 5.74) is 3.42. The highest BCUT2D eigenvalue weighted by Crippen LogP contribution is 2.35. The minimum Gasteiger partial charge on any atom is -0.477 e. The third-order valence-electron chi connectivity index (χ3n) is 8.91. The zero-order chi connectivity index (χ0) is 30.7. The molecule has 0 spiro atoms. The lowest BCUT2D eigenvalue weighted by Crippen LogP contribution is -2.54. The van der Waals surface area contributed by atoms with Gasteiger partial charge >= 0.3 is 0 Å². The predicted octanol–water partition coefficient (Wildman–Crippen LogP) is 3.95. The number of benzene rings is 2. The molecule has 1 aromatic heterocycles. The van der Waals surface area contributed by atoms with Gasteiger partial charge in [0, 0.05) is 75.4 Å². The van der Waals surface area contributed by atoms with E-state index in [1.165, 1.54) is 0 Å². The lowest BCUT2D eigenvalue weighted by Gasteiger charge is -2.37. The fourth-order valence-corrected chi connectivity index (χ4v) is 6.28. The Morgan fingerprint density at radius 2 is 1.84 bits per heavy atom. The van der Waals surface area contributed by atoms with E-state index < -0.39 is 5.60 Å². The quantitative estimate of drug-likeness (QED) is 0.385. The van der Waals surface area contributed by atoms with Crippen LogP contribution in [0.15, 0.2) is 54.9 Å². The number of carbonyl (C=O) groups is 2. The third kappa shape index (κ3) is 6.58. The van der Waals surface area contributed by atoms with Crippen LogP contribution >= 0.6 is 0 Å². The lowest BCUT2D eigenvalue weighted by atomic mass is 9.95. The first-order valence-corrected chi connectivity index (χ1v) is 15.7. The van der Waals surface area contributed by atoms with Gasteiger partial charge in [-0.3, -0.25) is 14.7 Å². The summed E-state index contributed by atoms with van der Waals surface area (Å²) >= 11 is 0. The third-order valence-corrected chi connectivity index (χ3v) is 8.91. The lowest BCUT2D eigenvalue weighted by molar-refractivity contribution is -0.146. The molecule has 3 aliphatic rings. The van der Waals surface area contributed by atoms with Gasteiger partial charge in [-0.25, -0.2) is 0 Å². The van der Waals surface area contributed by atoms with Gasteiger partial charge in [0.05, 0.1) is 17.7 Å². The molecular weight excluding hydrogens is 554 g/mol. The Labute approximate surface area is 259 Å². The van der Waals surface area contributed by atoms with Gasteiger partial charge in [-0.1, -0.05) is 24.3 Å². The summed E-state index contributed by atoms with van der Waals surface area (Å²) < 4.78 is 6.28. The van der Waals surface area contributed by atoms with Crippen molar-refractivity contribution in [2.24, 2.45) is 5.92 Å². The largest absolute Gasteiger partial charge is 0.477 e. The highest BCUT2D eigenvalue weighted by molar-refractivity contribution is 5.85. The number of anilines is 1. The minimum atomic E-state index is -1.12. The molecule has 1 atom stereocenters.